The second kappa shape index (κ2) is 8.29. The van der Waals surface area contributed by atoms with E-state index in [1.165, 1.54) is 22.8 Å². The van der Waals surface area contributed by atoms with Crippen LogP contribution >= 0.6 is 15.9 Å². The van der Waals surface area contributed by atoms with Gasteiger partial charge in [0.25, 0.3) is 5.56 Å². The summed E-state index contributed by atoms with van der Waals surface area (Å²) >= 11 is 3.36. The molecule has 6 heteroatoms. The molecule has 2 aromatic heterocycles. The molecular weight excluding hydrogens is 418 g/mol. The van der Waals surface area contributed by atoms with Crippen LogP contribution in [0.4, 0.5) is 0 Å². The third kappa shape index (κ3) is 4.51. The molecule has 0 amide bonds. The van der Waals surface area contributed by atoms with Crippen molar-refractivity contribution in [2.75, 3.05) is 7.05 Å². The molecule has 0 saturated carbocycles. The highest BCUT2D eigenvalue weighted by Crippen LogP contribution is 2.22. The third-order valence-corrected chi connectivity index (χ3v) is 5.40. The van der Waals surface area contributed by atoms with Gasteiger partial charge in [0.15, 0.2) is 0 Å². The summed E-state index contributed by atoms with van der Waals surface area (Å²) in [5.41, 5.74) is 4.84. The SMILES string of the molecule is CN1Cc2ccc(CCn3ccc(OCc4ccc(Br)cn4)cc3=O)cc2C1. The molecule has 1 aromatic carbocycles. The molecule has 0 N–H and O–H groups in total. The monoisotopic (exact) mass is 439 g/mol. The van der Waals surface area contributed by atoms with Crippen LogP contribution in [-0.4, -0.2) is 21.5 Å². The first-order valence-corrected chi connectivity index (χ1v) is 10.1. The maximum atomic E-state index is 12.4. The smallest absolute Gasteiger partial charge is 0.254 e. The molecule has 1 aliphatic rings. The molecule has 0 unspecified atom stereocenters. The van der Waals surface area contributed by atoms with Gasteiger partial charge in [0.2, 0.25) is 0 Å². The van der Waals surface area contributed by atoms with E-state index in [0.29, 0.717) is 18.9 Å². The van der Waals surface area contributed by atoms with E-state index in [0.717, 1.165) is 29.7 Å². The lowest BCUT2D eigenvalue weighted by atomic mass is 10.0. The number of rotatable bonds is 6. The van der Waals surface area contributed by atoms with Gasteiger partial charge in [-0.25, -0.2) is 0 Å². The number of benzene rings is 1. The Kier molecular flexibility index (Phi) is 5.59. The van der Waals surface area contributed by atoms with E-state index >= 15 is 0 Å². The molecule has 3 heterocycles. The van der Waals surface area contributed by atoms with Crippen molar-refractivity contribution < 1.29 is 4.74 Å². The zero-order valence-electron chi connectivity index (χ0n) is 15.8. The summed E-state index contributed by atoms with van der Waals surface area (Å²) in [7, 11) is 2.13. The third-order valence-electron chi connectivity index (χ3n) is 4.94. The number of hydrogen-bond acceptors (Lipinski definition) is 4. The van der Waals surface area contributed by atoms with E-state index in [9.17, 15) is 4.79 Å². The number of hydrogen-bond donors (Lipinski definition) is 0. The van der Waals surface area contributed by atoms with Gasteiger partial charge >= 0.3 is 0 Å². The van der Waals surface area contributed by atoms with Gasteiger partial charge < -0.3 is 9.30 Å². The van der Waals surface area contributed by atoms with E-state index < -0.39 is 0 Å². The van der Waals surface area contributed by atoms with Crippen LogP contribution in [0.3, 0.4) is 0 Å². The van der Waals surface area contributed by atoms with Crippen molar-refractivity contribution in [2.45, 2.75) is 32.7 Å². The molecule has 1 aliphatic heterocycles. The van der Waals surface area contributed by atoms with Crippen molar-refractivity contribution in [3.8, 4) is 5.75 Å². The average Bonchev–Trinajstić information content (AvgIpc) is 3.06. The molecule has 0 atom stereocenters. The van der Waals surface area contributed by atoms with E-state index in [-0.39, 0.29) is 5.56 Å². The summed E-state index contributed by atoms with van der Waals surface area (Å²) in [5.74, 6) is 0.562. The number of nitrogens with zero attached hydrogens (tertiary/aromatic N) is 3. The zero-order valence-corrected chi connectivity index (χ0v) is 17.4. The Labute approximate surface area is 172 Å². The van der Waals surface area contributed by atoms with Gasteiger partial charge in [0.05, 0.1) is 5.69 Å². The number of aromatic nitrogens is 2. The van der Waals surface area contributed by atoms with Crippen LogP contribution in [0.1, 0.15) is 22.4 Å². The maximum Gasteiger partial charge on any atom is 0.254 e. The Hall–Kier alpha value is -2.44. The van der Waals surface area contributed by atoms with Crippen molar-refractivity contribution in [1.82, 2.24) is 14.5 Å². The van der Waals surface area contributed by atoms with Crippen LogP contribution in [-0.2, 0) is 32.7 Å². The Balaban J connectivity index is 1.36. The molecule has 28 heavy (non-hydrogen) atoms. The first-order valence-electron chi connectivity index (χ1n) is 9.30. The second-order valence-electron chi connectivity index (χ2n) is 7.18. The van der Waals surface area contributed by atoms with E-state index in [4.69, 9.17) is 4.74 Å². The van der Waals surface area contributed by atoms with Crippen LogP contribution in [0.15, 0.2) is 64.1 Å². The standard InChI is InChI=1S/C22H22BrN3O2/c1-25-13-17-3-2-16(10-18(17)14-25)6-8-26-9-7-21(11-22(26)27)28-15-20-5-4-19(23)12-24-20/h2-5,7,9-12H,6,8,13-15H2,1H3. The van der Waals surface area contributed by atoms with Gasteiger partial charge in [-0.1, -0.05) is 18.2 Å². The van der Waals surface area contributed by atoms with Crippen molar-refractivity contribution >= 4 is 15.9 Å². The Bertz CT molecular complexity index is 1030. The maximum absolute atomic E-state index is 12.4. The highest BCUT2D eigenvalue weighted by atomic mass is 79.9. The van der Waals surface area contributed by atoms with Crippen LogP contribution in [0.2, 0.25) is 0 Å². The van der Waals surface area contributed by atoms with E-state index in [2.05, 4.69) is 51.1 Å². The Morgan fingerprint density at radius 1 is 1.11 bits per heavy atom. The number of pyridine rings is 2. The number of aryl methyl sites for hydroxylation is 2. The second-order valence-corrected chi connectivity index (χ2v) is 8.09. The Morgan fingerprint density at radius 2 is 1.96 bits per heavy atom. The zero-order chi connectivity index (χ0) is 19.5. The van der Waals surface area contributed by atoms with Crippen molar-refractivity contribution in [3.63, 3.8) is 0 Å². The molecule has 0 bridgehead atoms. The number of fused-ring (bicyclic) bond motifs is 1. The van der Waals surface area contributed by atoms with E-state index in [1.54, 1.807) is 17.0 Å². The molecule has 0 aliphatic carbocycles. The van der Waals surface area contributed by atoms with Gasteiger partial charge in [-0.05, 0) is 64.3 Å². The minimum absolute atomic E-state index is 0.0536. The van der Waals surface area contributed by atoms with E-state index in [1.807, 2.05) is 18.2 Å². The lowest BCUT2D eigenvalue weighted by Gasteiger charge is -2.09. The predicted molar refractivity (Wildman–Crippen MR) is 112 cm³/mol. The van der Waals surface area contributed by atoms with Gasteiger partial charge in [-0.2, -0.15) is 0 Å². The molecule has 3 aromatic rings. The molecule has 0 spiro atoms. The quantitative estimate of drug-likeness (QED) is 0.586. The summed E-state index contributed by atoms with van der Waals surface area (Å²) < 4.78 is 8.35. The van der Waals surface area contributed by atoms with Crippen molar-refractivity contribution in [2.24, 2.45) is 0 Å². The van der Waals surface area contributed by atoms with Gasteiger partial charge in [0, 0.05) is 42.6 Å². The molecule has 4 rings (SSSR count). The van der Waals surface area contributed by atoms with Crippen LogP contribution < -0.4 is 10.3 Å². The summed E-state index contributed by atoms with van der Waals surface area (Å²) in [5, 5.41) is 0. The average molecular weight is 440 g/mol. The fourth-order valence-electron chi connectivity index (χ4n) is 3.44. The highest BCUT2D eigenvalue weighted by Gasteiger charge is 2.15. The van der Waals surface area contributed by atoms with Crippen molar-refractivity contribution in [3.05, 3.63) is 92.1 Å². The Morgan fingerprint density at radius 3 is 2.75 bits per heavy atom. The van der Waals surface area contributed by atoms with Crippen molar-refractivity contribution in [1.29, 1.82) is 0 Å². The lowest BCUT2D eigenvalue weighted by molar-refractivity contribution is 0.300. The van der Waals surface area contributed by atoms with Gasteiger partial charge in [-0.15, -0.1) is 0 Å². The molecule has 0 saturated heterocycles. The van der Waals surface area contributed by atoms with Crippen LogP contribution in [0.5, 0.6) is 5.75 Å². The summed E-state index contributed by atoms with van der Waals surface area (Å²) in [6.07, 6.45) is 4.36. The first kappa shape index (κ1) is 18.9. The first-order chi connectivity index (χ1) is 13.6. The van der Waals surface area contributed by atoms with Gasteiger partial charge in [0.1, 0.15) is 12.4 Å². The molecular formula is C22H22BrN3O2. The lowest BCUT2D eigenvalue weighted by Crippen LogP contribution is -2.19. The molecule has 0 fully saturated rings. The highest BCUT2D eigenvalue weighted by molar-refractivity contribution is 9.10. The normalized spacial score (nSPS) is 13.5. The minimum Gasteiger partial charge on any atom is -0.487 e. The minimum atomic E-state index is -0.0536. The van der Waals surface area contributed by atoms with Gasteiger partial charge in [-0.3, -0.25) is 14.7 Å². The summed E-state index contributed by atoms with van der Waals surface area (Å²) in [6.45, 7) is 3.01. The fourth-order valence-corrected chi connectivity index (χ4v) is 3.67. The topological polar surface area (TPSA) is 47.4 Å². The largest absolute Gasteiger partial charge is 0.487 e. The predicted octanol–water partition coefficient (Wildman–Crippen LogP) is 3.77. The number of ether oxygens (including phenoxy) is 1. The molecule has 144 valence electrons. The molecule has 0 radical (unpaired) electrons. The van der Waals surface area contributed by atoms with Crippen LogP contribution in [0, 0.1) is 0 Å². The fraction of sp³-hybridized carbons (Fsp3) is 0.273. The van der Waals surface area contributed by atoms with Crippen LogP contribution in [0.25, 0.3) is 0 Å². The molecule has 5 nitrogen and oxygen atoms in total. The number of halogens is 1. The summed E-state index contributed by atoms with van der Waals surface area (Å²) in [6, 6.07) is 13.8. The summed E-state index contributed by atoms with van der Waals surface area (Å²) in [4.78, 5) is 19.0.